The summed E-state index contributed by atoms with van der Waals surface area (Å²) in [6.07, 6.45) is 0. The molecule has 114 valence electrons. The van der Waals surface area contributed by atoms with E-state index >= 15 is 0 Å². The van der Waals surface area contributed by atoms with Gasteiger partial charge in [-0.15, -0.1) is 0 Å². The highest BCUT2D eigenvalue weighted by Crippen LogP contribution is 2.07. The van der Waals surface area contributed by atoms with Gasteiger partial charge in [-0.3, -0.25) is 4.90 Å². The van der Waals surface area contributed by atoms with Gasteiger partial charge in [0.2, 0.25) is 20.0 Å². The summed E-state index contributed by atoms with van der Waals surface area (Å²) >= 11 is 0. The van der Waals surface area contributed by atoms with Crippen molar-refractivity contribution in [1.29, 1.82) is 0 Å². The standard InChI is InChI=1S/C10H23N3O4S2/c1-3-18(14,15)11-5-6-12-7-9-13(10-8-12)19(16,17)4-2/h11H,3-10H2,1-2H3. The van der Waals surface area contributed by atoms with Gasteiger partial charge in [-0.25, -0.2) is 21.6 Å². The maximum Gasteiger partial charge on any atom is 0.213 e. The molecule has 0 aromatic rings. The molecule has 0 atom stereocenters. The van der Waals surface area contributed by atoms with Crippen molar-refractivity contribution in [3.8, 4) is 0 Å². The Morgan fingerprint density at radius 1 is 0.947 bits per heavy atom. The number of hydrogen-bond donors (Lipinski definition) is 1. The molecule has 0 aromatic heterocycles. The summed E-state index contributed by atoms with van der Waals surface area (Å²) in [5, 5.41) is 0. The van der Waals surface area contributed by atoms with Gasteiger partial charge in [-0.1, -0.05) is 0 Å². The van der Waals surface area contributed by atoms with Crippen LogP contribution in [0.3, 0.4) is 0 Å². The van der Waals surface area contributed by atoms with E-state index < -0.39 is 20.0 Å². The minimum atomic E-state index is -3.14. The monoisotopic (exact) mass is 313 g/mol. The fourth-order valence-electron chi connectivity index (χ4n) is 1.88. The fourth-order valence-corrected chi connectivity index (χ4v) is 3.57. The van der Waals surface area contributed by atoms with E-state index in [-0.39, 0.29) is 11.5 Å². The Labute approximate surface area is 116 Å². The first-order chi connectivity index (χ1) is 8.80. The molecule has 19 heavy (non-hydrogen) atoms. The summed E-state index contributed by atoms with van der Waals surface area (Å²) < 4.78 is 49.8. The lowest BCUT2D eigenvalue weighted by atomic mass is 10.3. The number of nitrogens with zero attached hydrogens (tertiary/aromatic N) is 2. The van der Waals surface area contributed by atoms with E-state index in [2.05, 4.69) is 9.62 Å². The quantitative estimate of drug-likeness (QED) is 0.644. The van der Waals surface area contributed by atoms with E-state index in [1.807, 2.05) is 0 Å². The second kappa shape index (κ2) is 6.98. The largest absolute Gasteiger partial charge is 0.299 e. The molecule has 0 bridgehead atoms. The number of nitrogens with one attached hydrogen (secondary N) is 1. The number of hydrogen-bond acceptors (Lipinski definition) is 5. The van der Waals surface area contributed by atoms with Crippen LogP contribution in [0.15, 0.2) is 0 Å². The Hall–Kier alpha value is -0.220. The topological polar surface area (TPSA) is 86.8 Å². The molecule has 0 spiro atoms. The van der Waals surface area contributed by atoms with E-state index in [1.165, 1.54) is 4.31 Å². The van der Waals surface area contributed by atoms with Crippen LogP contribution in [0.4, 0.5) is 0 Å². The van der Waals surface area contributed by atoms with Gasteiger partial charge in [0.1, 0.15) is 0 Å². The maximum absolute atomic E-state index is 11.7. The van der Waals surface area contributed by atoms with Crippen LogP contribution >= 0.6 is 0 Å². The molecule has 1 aliphatic rings. The van der Waals surface area contributed by atoms with E-state index in [9.17, 15) is 16.8 Å². The normalized spacial score (nSPS) is 19.7. The van der Waals surface area contributed by atoms with Crippen LogP contribution in [0.2, 0.25) is 0 Å². The first-order valence-electron chi connectivity index (χ1n) is 6.48. The first kappa shape index (κ1) is 16.8. The molecule has 1 N–H and O–H groups in total. The molecule has 1 saturated heterocycles. The van der Waals surface area contributed by atoms with Gasteiger partial charge < -0.3 is 0 Å². The SMILES string of the molecule is CCS(=O)(=O)NCCN1CCN(S(=O)(=O)CC)CC1. The maximum atomic E-state index is 11.7. The Morgan fingerprint density at radius 2 is 1.53 bits per heavy atom. The van der Waals surface area contributed by atoms with E-state index in [0.29, 0.717) is 39.3 Å². The summed E-state index contributed by atoms with van der Waals surface area (Å²) in [6, 6.07) is 0. The second-order valence-corrected chi connectivity index (χ2v) is 8.79. The van der Waals surface area contributed by atoms with Crippen molar-refractivity contribution < 1.29 is 16.8 Å². The number of piperazine rings is 1. The Morgan fingerprint density at radius 3 is 2.00 bits per heavy atom. The summed E-state index contributed by atoms with van der Waals surface area (Å²) in [5.41, 5.74) is 0. The van der Waals surface area contributed by atoms with Gasteiger partial charge >= 0.3 is 0 Å². The van der Waals surface area contributed by atoms with Crippen molar-refractivity contribution >= 4 is 20.0 Å². The molecule has 1 fully saturated rings. The Balaban J connectivity index is 2.32. The Kier molecular flexibility index (Phi) is 6.18. The Bertz CT molecular complexity index is 464. The molecular formula is C10H23N3O4S2. The first-order valence-corrected chi connectivity index (χ1v) is 9.74. The van der Waals surface area contributed by atoms with Crippen molar-refractivity contribution in [3.05, 3.63) is 0 Å². The molecule has 0 saturated carbocycles. The summed E-state index contributed by atoms with van der Waals surface area (Å²) in [6.45, 7) is 6.47. The lowest BCUT2D eigenvalue weighted by molar-refractivity contribution is 0.191. The van der Waals surface area contributed by atoms with Gasteiger partial charge in [0.25, 0.3) is 0 Å². The fraction of sp³-hybridized carbons (Fsp3) is 1.00. The minimum absolute atomic E-state index is 0.0789. The van der Waals surface area contributed by atoms with Crippen LogP contribution < -0.4 is 4.72 Å². The third-order valence-corrected chi connectivity index (χ3v) is 6.51. The molecule has 7 nitrogen and oxygen atoms in total. The smallest absolute Gasteiger partial charge is 0.213 e. The van der Waals surface area contributed by atoms with Crippen molar-refractivity contribution in [2.24, 2.45) is 0 Å². The van der Waals surface area contributed by atoms with Gasteiger partial charge in [0, 0.05) is 39.3 Å². The highest BCUT2D eigenvalue weighted by Gasteiger charge is 2.25. The van der Waals surface area contributed by atoms with Crippen LogP contribution in [-0.2, 0) is 20.0 Å². The number of sulfonamides is 2. The van der Waals surface area contributed by atoms with Gasteiger partial charge in [0.15, 0.2) is 0 Å². The highest BCUT2D eigenvalue weighted by molar-refractivity contribution is 7.89. The van der Waals surface area contributed by atoms with Crippen LogP contribution in [0, 0.1) is 0 Å². The van der Waals surface area contributed by atoms with Crippen LogP contribution in [0.5, 0.6) is 0 Å². The minimum Gasteiger partial charge on any atom is -0.299 e. The molecule has 0 radical (unpaired) electrons. The molecule has 0 aliphatic carbocycles. The molecule has 0 aromatic carbocycles. The molecular weight excluding hydrogens is 290 g/mol. The zero-order chi connectivity index (χ0) is 14.5. The predicted molar refractivity (Wildman–Crippen MR) is 74.9 cm³/mol. The van der Waals surface area contributed by atoms with Crippen molar-refractivity contribution in [1.82, 2.24) is 13.9 Å². The lowest BCUT2D eigenvalue weighted by Gasteiger charge is -2.33. The molecule has 9 heteroatoms. The van der Waals surface area contributed by atoms with Crippen molar-refractivity contribution in [2.45, 2.75) is 13.8 Å². The molecule has 1 heterocycles. The predicted octanol–water partition coefficient (Wildman–Crippen LogP) is -1.11. The highest BCUT2D eigenvalue weighted by atomic mass is 32.2. The van der Waals surface area contributed by atoms with Crippen LogP contribution in [0.25, 0.3) is 0 Å². The van der Waals surface area contributed by atoms with Gasteiger partial charge in [0.05, 0.1) is 11.5 Å². The average Bonchev–Trinajstić information content (AvgIpc) is 2.39. The third kappa shape index (κ3) is 5.35. The van der Waals surface area contributed by atoms with Crippen LogP contribution in [-0.4, -0.2) is 76.8 Å². The van der Waals surface area contributed by atoms with Crippen molar-refractivity contribution in [2.75, 3.05) is 50.8 Å². The second-order valence-electron chi connectivity index (χ2n) is 4.44. The molecule has 1 aliphatic heterocycles. The zero-order valence-corrected chi connectivity index (χ0v) is 13.1. The van der Waals surface area contributed by atoms with Gasteiger partial charge in [-0.2, -0.15) is 4.31 Å². The van der Waals surface area contributed by atoms with E-state index in [4.69, 9.17) is 0 Å². The molecule has 0 amide bonds. The summed E-state index contributed by atoms with van der Waals surface area (Å²) in [5.74, 6) is 0.207. The third-order valence-electron chi connectivity index (χ3n) is 3.22. The summed E-state index contributed by atoms with van der Waals surface area (Å²) in [7, 11) is -6.24. The zero-order valence-electron chi connectivity index (χ0n) is 11.5. The molecule has 1 rings (SSSR count). The molecule has 0 unspecified atom stereocenters. The summed E-state index contributed by atoms with van der Waals surface area (Å²) in [4.78, 5) is 2.07. The number of rotatable bonds is 7. The van der Waals surface area contributed by atoms with Crippen LogP contribution in [0.1, 0.15) is 13.8 Å². The van der Waals surface area contributed by atoms with E-state index in [1.54, 1.807) is 13.8 Å². The van der Waals surface area contributed by atoms with E-state index in [0.717, 1.165) is 0 Å². The van der Waals surface area contributed by atoms with Gasteiger partial charge in [-0.05, 0) is 13.8 Å². The van der Waals surface area contributed by atoms with Crippen molar-refractivity contribution in [3.63, 3.8) is 0 Å². The average molecular weight is 313 g/mol. The lowest BCUT2D eigenvalue weighted by Crippen LogP contribution is -2.50.